The Labute approximate surface area is 65.1 Å². The molecule has 0 aromatic heterocycles. The lowest BCUT2D eigenvalue weighted by Gasteiger charge is -2.07. The number of hydrogen-bond acceptors (Lipinski definition) is 4. The molecule has 4 heteroatoms. The molecule has 0 spiro atoms. The predicted octanol–water partition coefficient (Wildman–Crippen LogP) is -0.194. The minimum absolute atomic E-state index is 0.0449. The molecule has 0 aromatic rings. The molecular formula is C7H12O4. The number of rotatable bonds is 4. The van der Waals surface area contributed by atoms with Gasteiger partial charge in [-0.1, -0.05) is 6.08 Å². The number of carbonyl (C=O) groups is 1. The van der Waals surface area contributed by atoms with E-state index in [0.717, 1.165) is 0 Å². The Hall–Kier alpha value is -0.870. The van der Waals surface area contributed by atoms with Gasteiger partial charge in [-0.25, -0.2) is 4.79 Å². The summed E-state index contributed by atoms with van der Waals surface area (Å²) in [5.41, 5.74) is 0. The third-order valence-corrected chi connectivity index (χ3v) is 0.931. The van der Waals surface area contributed by atoms with Crippen LogP contribution in [0.4, 0.5) is 0 Å². The Morgan fingerprint density at radius 2 is 2.36 bits per heavy atom. The normalized spacial score (nSPS) is 13.4. The molecule has 0 saturated heterocycles. The van der Waals surface area contributed by atoms with Crippen molar-refractivity contribution in [3.63, 3.8) is 0 Å². The molecule has 0 radical (unpaired) electrons. The van der Waals surface area contributed by atoms with Crippen LogP contribution in [0.5, 0.6) is 0 Å². The maximum atomic E-state index is 10.6. The Kier molecular flexibility index (Phi) is 5.42. The lowest BCUT2D eigenvalue weighted by atomic mass is 10.4. The summed E-state index contributed by atoms with van der Waals surface area (Å²) in [4.78, 5) is 10.6. The van der Waals surface area contributed by atoms with Crippen molar-refractivity contribution >= 4 is 5.97 Å². The maximum absolute atomic E-state index is 10.6. The van der Waals surface area contributed by atoms with Crippen LogP contribution in [0, 0.1) is 0 Å². The van der Waals surface area contributed by atoms with Crippen molar-refractivity contribution in [2.24, 2.45) is 0 Å². The van der Waals surface area contributed by atoms with Crippen LogP contribution in [0.15, 0.2) is 12.2 Å². The second-order valence-electron chi connectivity index (χ2n) is 1.90. The molecule has 11 heavy (non-hydrogen) atoms. The van der Waals surface area contributed by atoms with Gasteiger partial charge in [-0.2, -0.15) is 0 Å². The van der Waals surface area contributed by atoms with Crippen molar-refractivity contribution in [2.45, 2.75) is 19.6 Å². The first-order chi connectivity index (χ1) is 5.20. The Morgan fingerprint density at radius 1 is 1.73 bits per heavy atom. The van der Waals surface area contributed by atoms with Crippen LogP contribution in [-0.4, -0.2) is 29.1 Å². The van der Waals surface area contributed by atoms with Gasteiger partial charge >= 0.3 is 5.97 Å². The van der Waals surface area contributed by atoms with E-state index in [1.807, 2.05) is 0 Å². The molecule has 0 heterocycles. The summed E-state index contributed by atoms with van der Waals surface area (Å²) in [5.74, 6) is -0.603. The fourth-order valence-electron chi connectivity index (χ4n) is 0.479. The minimum Gasteiger partial charge on any atom is -0.433 e. The van der Waals surface area contributed by atoms with E-state index in [-0.39, 0.29) is 13.0 Å². The molecule has 0 bridgehead atoms. The van der Waals surface area contributed by atoms with Crippen LogP contribution in [-0.2, 0) is 9.53 Å². The minimum atomic E-state index is -1.20. The zero-order chi connectivity index (χ0) is 8.69. The standard InChI is InChI=1S/C7H12O4/c1-2-3-6(9)11-7(10)4-5-8/h2-3,7-8,10H,4-5H2,1H3. The van der Waals surface area contributed by atoms with E-state index >= 15 is 0 Å². The van der Waals surface area contributed by atoms with Gasteiger partial charge in [0.15, 0.2) is 0 Å². The third kappa shape index (κ3) is 5.57. The molecule has 0 aliphatic carbocycles. The average Bonchev–Trinajstić information content (AvgIpc) is 1.87. The van der Waals surface area contributed by atoms with Gasteiger partial charge in [0.05, 0.1) is 0 Å². The maximum Gasteiger partial charge on any atom is 0.332 e. The zero-order valence-electron chi connectivity index (χ0n) is 6.36. The quantitative estimate of drug-likeness (QED) is 0.340. The first kappa shape index (κ1) is 10.1. The monoisotopic (exact) mass is 160 g/mol. The van der Waals surface area contributed by atoms with Gasteiger partial charge in [0.2, 0.25) is 6.29 Å². The number of hydrogen-bond donors (Lipinski definition) is 2. The molecule has 1 atom stereocenters. The number of allylic oxidation sites excluding steroid dienone is 1. The molecule has 0 saturated carbocycles. The second kappa shape index (κ2) is 5.88. The first-order valence-electron chi connectivity index (χ1n) is 3.33. The van der Waals surface area contributed by atoms with Crippen LogP contribution in [0.1, 0.15) is 13.3 Å². The van der Waals surface area contributed by atoms with Gasteiger partial charge in [-0.05, 0) is 6.92 Å². The molecule has 0 fully saturated rings. The highest BCUT2D eigenvalue weighted by Crippen LogP contribution is 1.93. The van der Waals surface area contributed by atoms with Crippen LogP contribution in [0.3, 0.4) is 0 Å². The van der Waals surface area contributed by atoms with Gasteiger partial charge in [0.25, 0.3) is 0 Å². The molecule has 0 amide bonds. The smallest absolute Gasteiger partial charge is 0.332 e. The summed E-state index contributed by atoms with van der Waals surface area (Å²) in [6.07, 6.45) is 1.54. The summed E-state index contributed by atoms with van der Waals surface area (Å²) in [6.45, 7) is 1.46. The van der Waals surface area contributed by atoms with Gasteiger partial charge in [-0.15, -0.1) is 0 Å². The highest BCUT2D eigenvalue weighted by molar-refractivity contribution is 5.81. The summed E-state index contributed by atoms with van der Waals surface area (Å²) in [7, 11) is 0. The summed E-state index contributed by atoms with van der Waals surface area (Å²) >= 11 is 0. The first-order valence-corrected chi connectivity index (χ1v) is 3.33. The molecule has 0 rings (SSSR count). The predicted molar refractivity (Wildman–Crippen MR) is 38.6 cm³/mol. The molecular weight excluding hydrogens is 148 g/mol. The van der Waals surface area contributed by atoms with Crippen LogP contribution >= 0.6 is 0 Å². The van der Waals surface area contributed by atoms with Crippen molar-refractivity contribution in [3.05, 3.63) is 12.2 Å². The SMILES string of the molecule is CC=CC(=O)OC(O)CCO. The number of aliphatic hydroxyl groups is 2. The molecule has 0 aromatic carbocycles. The topological polar surface area (TPSA) is 66.8 Å². The average molecular weight is 160 g/mol. The van der Waals surface area contributed by atoms with E-state index in [4.69, 9.17) is 10.2 Å². The lowest BCUT2D eigenvalue weighted by molar-refractivity contribution is -0.163. The van der Waals surface area contributed by atoms with Crippen molar-refractivity contribution in [1.29, 1.82) is 0 Å². The van der Waals surface area contributed by atoms with Crippen molar-refractivity contribution in [3.8, 4) is 0 Å². The fraction of sp³-hybridized carbons (Fsp3) is 0.571. The Bertz CT molecular complexity index is 141. The number of carbonyl (C=O) groups excluding carboxylic acids is 1. The summed E-state index contributed by atoms with van der Waals surface area (Å²) in [5, 5.41) is 17.1. The zero-order valence-corrected chi connectivity index (χ0v) is 6.36. The molecule has 1 unspecified atom stereocenters. The van der Waals surface area contributed by atoms with E-state index < -0.39 is 12.3 Å². The van der Waals surface area contributed by atoms with E-state index in [2.05, 4.69) is 4.74 Å². The molecule has 4 nitrogen and oxygen atoms in total. The summed E-state index contributed by atoms with van der Waals surface area (Å²) < 4.78 is 4.40. The van der Waals surface area contributed by atoms with Crippen molar-refractivity contribution in [1.82, 2.24) is 0 Å². The van der Waals surface area contributed by atoms with E-state index in [1.54, 1.807) is 6.92 Å². The largest absolute Gasteiger partial charge is 0.433 e. The van der Waals surface area contributed by atoms with Crippen molar-refractivity contribution < 1.29 is 19.7 Å². The third-order valence-electron chi connectivity index (χ3n) is 0.931. The van der Waals surface area contributed by atoms with Crippen LogP contribution < -0.4 is 0 Å². The van der Waals surface area contributed by atoms with Gasteiger partial charge in [0.1, 0.15) is 0 Å². The highest BCUT2D eigenvalue weighted by Gasteiger charge is 2.06. The van der Waals surface area contributed by atoms with Crippen LogP contribution in [0.2, 0.25) is 0 Å². The van der Waals surface area contributed by atoms with E-state index in [9.17, 15) is 4.79 Å². The molecule has 2 N–H and O–H groups in total. The Morgan fingerprint density at radius 3 is 2.82 bits per heavy atom. The molecule has 0 aliphatic rings. The Balaban J connectivity index is 3.57. The van der Waals surface area contributed by atoms with Gasteiger partial charge < -0.3 is 14.9 Å². The van der Waals surface area contributed by atoms with Gasteiger partial charge in [-0.3, -0.25) is 0 Å². The van der Waals surface area contributed by atoms with E-state index in [1.165, 1.54) is 12.2 Å². The lowest BCUT2D eigenvalue weighted by Crippen LogP contribution is -2.17. The van der Waals surface area contributed by atoms with Crippen molar-refractivity contribution in [2.75, 3.05) is 6.61 Å². The number of aliphatic hydroxyl groups excluding tert-OH is 2. The number of esters is 1. The highest BCUT2D eigenvalue weighted by atomic mass is 16.6. The van der Waals surface area contributed by atoms with Crippen LogP contribution in [0.25, 0.3) is 0 Å². The second-order valence-corrected chi connectivity index (χ2v) is 1.90. The molecule has 0 aliphatic heterocycles. The summed E-state index contributed by atoms with van der Waals surface area (Å²) in [6, 6.07) is 0. The number of ether oxygens (including phenoxy) is 1. The molecule has 64 valence electrons. The van der Waals surface area contributed by atoms with E-state index in [0.29, 0.717) is 0 Å². The van der Waals surface area contributed by atoms with Gasteiger partial charge in [0, 0.05) is 19.1 Å². The fourth-order valence-corrected chi connectivity index (χ4v) is 0.479.